The van der Waals surface area contributed by atoms with Crippen LogP contribution >= 0.6 is 11.8 Å². The van der Waals surface area contributed by atoms with Crippen molar-refractivity contribution in [1.29, 1.82) is 0 Å². The van der Waals surface area contributed by atoms with Crippen molar-refractivity contribution in [3.05, 3.63) is 23.0 Å². The Morgan fingerprint density at radius 3 is 2.75 bits per heavy atom. The number of pyridine rings is 1. The highest BCUT2D eigenvalue weighted by molar-refractivity contribution is 7.98. The fourth-order valence-corrected chi connectivity index (χ4v) is 2.22. The van der Waals surface area contributed by atoms with Crippen LogP contribution in [0.4, 0.5) is 0 Å². The van der Waals surface area contributed by atoms with Gasteiger partial charge in [0.2, 0.25) is 0 Å². The van der Waals surface area contributed by atoms with E-state index in [1.165, 1.54) is 0 Å². The van der Waals surface area contributed by atoms with Crippen molar-refractivity contribution >= 4 is 17.7 Å². The highest BCUT2D eigenvalue weighted by Gasteiger charge is 2.09. The van der Waals surface area contributed by atoms with Crippen LogP contribution in [0.1, 0.15) is 16.8 Å². The molecule has 1 aromatic heterocycles. The van der Waals surface area contributed by atoms with Crippen LogP contribution in [0, 0.1) is 13.8 Å². The first-order chi connectivity index (χ1) is 9.63. The van der Waals surface area contributed by atoms with Crippen LogP contribution in [0.25, 0.3) is 0 Å². The lowest BCUT2D eigenvalue weighted by atomic mass is 10.1. The molecule has 0 fully saturated rings. The van der Waals surface area contributed by atoms with E-state index < -0.39 is 0 Å². The molecule has 0 bridgehead atoms. The minimum absolute atomic E-state index is 0.626. The number of nitrogens with one attached hydrogen (secondary N) is 2. The third-order valence-corrected chi connectivity index (χ3v) is 3.61. The van der Waals surface area contributed by atoms with Crippen LogP contribution in [0.15, 0.2) is 11.2 Å². The number of ether oxygens (including phenoxy) is 1. The number of guanidine groups is 1. The first-order valence-corrected chi connectivity index (χ1v) is 7.96. The fourth-order valence-electron chi connectivity index (χ4n) is 1.91. The van der Waals surface area contributed by atoms with Gasteiger partial charge in [0.05, 0.1) is 19.3 Å². The van der Waals surface area contributed by atoms with Gasteiger partial charge >= 0.3 is 0 Å². The Kier molecular flexibility index (Phi) is 7.22. The second-order valence-corrected chi connectivity index (χ2v) is 5.38. The normalized spacial score (nSPS) is 11.3. The maximum atomic E-state index is 5.41. The maximum Gasteiger partial charge on any atom is 0.191 e. The molecule has 6 heteroatoms. The number of aliphatic imine (C=N–C) groups is 1. The molecule has 0 aliphatic carbocycles. The van der Waals surface area contributed by atoms with E-state index in [0.717, 1.165) is 40.8 Å². The Labute approximate surface area is 125 Å². The molecule has 0 unspecified atom stereocenters. The first kappa shape index (κ1) is 16.6. The molecule has 0 aliphatic heterocycles. The van der Waals surface area contributed by atoms with E-state index in [2.05, 4.69) is 26.9 Å². The number of methoxy groups -OCH3 is 1. The molecule has 0 saturated carbocycles. The predicted molar refractivity (Wildman–Crippen MR) is 86.8 cm³/mol. The lowest BCUT2D eigenvalue weighted by Gasteiger charge is -2.15. The SMILES string of the molecule is CN=C(NCCSC)NCc1ncc(C)c(OC)c1C. The number of thioether (sulfide) groups is 1. The van der Waals surface area contributed by atoms with Crippen molar-refractivity contribution in [2.45, 2.75) is 20.4 Å². The molecule has 112 valence electrons. The Morgan fingerprint density at radius 1 is 1.40 bits per heavy atom. The summed E-state index contributed by atoms with van der Waals surface area (Å²) in [5.74, 6) is 2.75. The summed E-state index contributed by atoms with van der Waals surface area (Å²) in [6.07, 6.45) is 3.93. The summed E-state index contributed by atoms with van der Waals surface area (Å²) in [5, 5.41) is 6.53. The van der Waals surface area contributed by atoms with Gasteiger partial charge < -0.3 is 15.4 Å². The van der Waals surface area contributed by atoms with Gasteiger partial charge in [0.25, 0.3) is 0 Å². The Bertz CT molecular complexity index is 463. The second kappa shape index (κ2) is 8.68. The van der Waals surface area contributed by atoms with E-state index in [4.69, 9.17) is 4.74 Å². The Hall–Kier alpha value is -1.43. The van der Waals surface area contributed by atoms with Crippen molar-refractivity contribution in [2.75, 3.05) is 32.7 Å². The fraction of sp³-hybridized carbons (Fsp3) is 0.571. The van der Waals surface area contributed by atoms with E-state index in [1.807, 2.05) is 20.0 Å². The third kappa shape index (κ3) is 4.59. The third-order valence-electron chi connectivity index (χ3n) is 3.00. The summed E-state index contributed by atoms with van der Waals surface area (Å²) in [6, 6.07) is 0. The topological polar surface area (TPSA) is 58.5 Å². The quantitative estimate of drug-likeness (QED) is 0.476. The lowest BCUT2D eigenvalue weighted by molar-refractivity contribution is 0.406. The lowest BCUT2D eigenvalue weighted by Crippen LogP contribution is -2.38. The molecular formula is C14H24N4OS. The van der Waals surface area contributed by atoms with Crippen molar-refractivity contribution in [2.24, 2.45) is 4.99 Å². The van der Waals surface area contributed by atoms with Gasteiger partial charge in [-0.1, -0.05) is 0 Å². The average molecular weight is 296 g/mol. The van der Waals surface area contributed by atoms with Gasteiger partial charge in [-0.2, -0.15) is 11.8 Å². The molecule has 5 nitrogen and oxygen atoms in total. The van der Waals surface area contributed by atoms with E-state index in [1.54, 1.807) is 25.9 Å². The van der Waals surface area contributed by atoms with E-state index >= 15 is 0 Å². The minimum atomic E-state index is 0.626. The van der Waals surface area contributed by atoms with Crippen LogP contribution in [0.2, 0.25) is 0 Å². The molecule has 0 spiro atoms. The van der Waals surface area contributed by atoms with Gasteiger partial charge in [0, 0.05) is 36.7 Å². The molecule has 0 saturated heterocycles. The van der Waals surface area contributed by atoms with Gasteiger partial charge in [0.1, 0.15) is 5.75 Å². The van der Waals surface area contributed by atoms with Crippen LogP contribution in [0.3, 0.4) is 0 Å². The number of aryl methyl sites for hydroxylation is 1. The summed E-state index contributed by atoms with van der Waals surface area (Å²) in [4.78, 5) is 8.65. The maximum absolute atomic E-state index is 5.41. The largest absolute Gasteiger partial charge is 0.496 e. The standard InChI is InChI=1S/C14H24N4OS/c1-10-8-17-12(11(2)13(10)19-4)9-18-14(15-3)16-6-7-20-5/h8H,6-7,9H2,1-5H3,(H2,15,16,18). The first-order valence-electron chi connectivity index (χ1n) is 6.56. The Morgan fingerprint density at radius 2 is 2.15 bits per heavy atom. The van der Waals surface area contributed by atoms with Crippen molar-refractivity contribution < 1.29 is 4.74 Å². The smallest absolute Gasteiger partial charge is 0.191 e. The summed E-state index contributed by atoms with van der Waals surface area (Å²) >= 11 is 1.80. The van der Waals surface area contributed by atoms with Crippen LogP contribution < -0.4 is 15.4 Å². The molecule has 0 aromatic carbocycles. The highest BCUT2D eigenvalue weighted by Crippen LogP contribution is 2.23. The van der Waals surface area contributed by atoms with E-state index in [9.17, 15) is 0 Å². The molecule has 20 heavy (non-hydrogen) atoms. The van der Waals surface area contributed by atoms with Crippen molar-refractivity contribution in [3.63, 3.8) is 0 Å². The number of hydrogen-bond donors (Lipinski definition) is 2. The van der Waals surface area contributed by atoms with Gasteiger partial charge in [-0.25, -0.2) is 0 Å². The number of hydrogen-bond acceptors (Lipinski definition) is 4. The van der Waals surface area contributed by atoms with Gasteiger partial charge in [-0.3, -0.25) is 9.98 Å². The molecule has 1 heterocycles. The molecule has 0 aliphatic rings. The van der Waals surface area contributed by atoms with Crippen LogP contribution in [-0.2, 0) is 6.54 Å². The number of rotatable bonds is 6. The Balaban J connectivity index is 2.65. The molecule has 2 N–H and O–H groups in total. The molecule has 0 radical (unpaired) electrons. The summed E-state index contributed by atoms with van der Waals surface area (Å²) in [5.41, 5.74) is 3.09. The van der Waals surface area contributed by atoms with Gasteiger partial charge in [0.15, 0.2) is 5.96 Å². The van der Waals surface area contributed by atoms with Gasteiger partial charge in [-0.05, 0) is 20.1 Å². The summed E-state index contributed by atoms with van der Waals surface area (Å²) in [7, 11) is 3.46. The molecular weight excluding hydrogens is 272 g/mol. The predicted octanol–water partition coefficient (Wildman–Crippen LogP) is 1.74. The van der Waals surface area contributed by atoms with Crippen molar-refractivity contribution in [1.82, 2.24) is 15.6 Å². The van der Waals surface area contributed by atoms with E-state index in [-0.39, 0.29) is 0 Å². The number of aromatic nitrogens is 1. The second-order valence-electron chi connectivity index (χ2n) is 4.39. The number of nitrogens with zero attached hydrogens (tertiary/aromatic N) is 2. The highest BCUT2D eigenvalue weighted by atomic mass is 32.2. The van der Waals surface area contributed by atoms with Gasteiger partial charge in [-0.15, -0.1) is 0 Å². The summed E-state index contributed by atoms with van der Waals surface area (Å²) in [6.45, 7) is 5.55. The monoisotopic (exact) mass is 296 g/mol. The summed E-state index contributed by atoms with van der Waals surface area (Å²) < 4.78 is 5.41. The zero-order chi connectivity index (χ0) is 15.0. The zero-order valence-electron chi connectivity index (χ0n) is 12.9. The molecule has 1 rings (SSSR count). The molecule has 0 amide bonds. The van der Waals surface area contributed by atoms with Crippen molar-refractivity contribution in [3.8, 4) is 5.75 Å². The molecule has 1 aromatic rings. The van der Waals surface area contributed by atoms with Crippen LogP contribution in [-0.4, -0.2) is 43.7 Å². The van der Waals surface area contributed by atoms with Crippen LogP contribution in [0.5, 0.6) is 5.75 Å². The average Bonchev–Trinajstić information content (AvgIpc) is 2.45. The minimum Gasteiger partial charge on any atom is -0.496 e. The van der Waals surface area contributed by atoms with E-state index in [0.29, 0.717) is 6.54 Å². The zero-order valence-corrected chi connectivity index (χ0v) is 13.7. The molecule has 0 atom stereocenters.